The Balaban J connectivity index is 2.86. The Morgan fingerprint density at radius 1 is 1.24 bits per heavy atom. The first-order chi connectivity index (χ1) is 9.60. The third kappa shape index (κ3) is 5.35. The number of carboxylic acids is 2. The zero-order valence-corrected chi connectivity index (χ0v) is 11.3. The van der Waals surface area contributed by atoms with Crippen molar-refractivity contribution in [1.29, 1.82) is 0 Å². The zero-order valence-electron chi connectivity index (χ0n) is 10.5. The summed E-state index contributed by atoms with van der Waals surface area (Å²) in [6.45, 7) is -0.740. The van der Waals surface area contributed by atoms with Crippen LogP contribution in [0.4, 0.5) is 0 Å². The van der Waals surface area contributed by atoms with Gasteiger partial charge in [0.1, 0.15) is 18.6 Å². The molecule has 0 aliphatic carbocycles. The van der Waals surface area contributed by atoms with Crippen LogP contribution >= 0.6 is 0 Å². The topological polar surface area (TPSA) is 179 Å². The number of rotatable bonds is 4. The van der Waals surface area contributed by atoms with Crippen molar-refractivity contribution in [3.05, 3.63) is 0 Å². The van der Waals surface area contributed by atoms with Crippen molar-refractivity contribution in [3.63, 3.8) is 0 Å². The smallest absolute Gasteiger partial charge is 0.322 e. The first kappa shape index (κ1) is 16.8. The highest BCUT2D eigenvalue weighted by Gasteiger charge is 2.35. The lowest BCUT2D eigenvalue weighted by molar-refractivity contribution is -0.141. The van der Waals surface area contributed by atoms with Crippen LogP contribution in [0.1, 0.15) is 6.42 Å². The van der Waals surface area contributed by atoms with Crippen molar-refractivity contribution in [2.45, 2.75) is 18.5 Å². The number of carbonyl (C=O) groups excluding carboxylic acids is 2. The molecule has 0 bridgehead atoms. The van der Waals surface area contributed by atoms with Crippen molar-refractivity contribution in [1.82, 2.24) is 15.4 Å². The maximum atomic E-state index is 11.7. The number of sulfonamides is 1. The fraction of sp³-hybridized carbons (Fsp3) is 0.556. The minimum absolute atomic E-state index is 0.683. The van der Waals surface area contributed by atoms with Gasteiger partial charge in [-0.25, -0.2) is 13.1 Å². The molecule has 12 heteroatoms. The van der Waals surface area contributed by atoms with Crippen LogP contribution in [0.25, 0.3) is 0 Å². The van der Waals surface area contributed by atoms with Crippen molar-refractivity contribution < 1.29 is 37.8 Å². The van der Waals surface area contributed by atoms with Crippen LogP contribution in [-0.4, -0.2) is 66.8 Å². The van der Waals surface area contributed by atoms with Crippen LogP contribution in [0.3, 0.4) is 0 Å². The molecule has 0 unspecified atom stereocenters. The molecule has 2 amide bonds. The van der Waals surface area contributed by atoms with Crippen LogP contribution < -0.4 is 15.4 Å². The molecule has 21 heavy (non-hydrogen) atoms. The molecule has 0 aromatic rings. The van der Waals surface area contributed by atoms with E-state index < -0.39 is 64.6 Å². The van der Waals surface area contributed by atoms with Crippen molar-refractivity contribution in [2.75, 3.05) is 12.3 Å². The highest BCUT2D eigenvalue weighted by atomic mass is 32.2. The lowest BCUT2D eigenvalue weighted by Gasteiger charge is -2.23. The summed E-state index contributed by atoms with van der Waals surface area (Å²) >= 11 is 0. The molecule has 0 radical (unpaired) electrons. The van der Waals surface area contributed by atoms with E-state index in [1.54, 1.807) is 4.72 Å². The van der Waals surface area contributed by atoms with Crippen molar-refractivity contribution >= 4 is 33.8 Å². The van der Waals surface area contributed by atoms with E-state index in [1.165, 1.54) is 0 Å². The van der Waals surface area contributed by atoms with E-state index in [0.717, 1.165) is 0 Å². The quantitative estimate of drug-likeness (QED) is 0.352. The van der Waals surface area contributed by atoms with Gasteiger partial charge in [0.2, 0.25) is 21.8 Å². The third-order valence-corrected chi connectivity index (χ3v) is 3.88. The third-order valence-electron chi connectivity index (χ3n) is 2.46. The summed E-state index contributed by atoms with van der Waals surface area (Å²) in [6, 6.07) is -3.14. The molecular formula is C9H13N3O8S. The van der Waals surface area contributed by atoms with Crippen LogP contribution in [-0.2, 0) is 29.2 Å². The molecule has 0 saturated carbocycles. The zero-order chi connectivity index (χ0) is 16.2. The van der Waals surface area contributed by atoms with Crippen LogP contribution in [0.5, 0.6) is 0 Å². The standard InChI is InChI=1S/C9H13N3O8S/c13-6-1-4(9(17)18)12-21(19,20)3-5(11-6)8(16)10-2-7(14)15/h4-5,12H,1-3H2,(H,10,16)(H,11,13)(H,14,15)(H,17,18)/t4-,5-/m0/s1. The van der Waals surface area contributed by atoms with Crippen LogP contribution in [0.15, 0.2) is 0 Å². The summed E-state index contributed by atoms with van der Waals surface area (Å²) in [6.07, 6.45) is -0.683. The Morgan fingerprint density at radius 3 is 2.38 bits per heavy atom. The van der Waals surface area contributed by atoms with Gasteiger partial charge in [0.25, 0.3) is 0 Å². The number of amides is 2. The van der Waals surface area contributed by atoms with Gasteiger partial charge >= 0.3 is 11.9 Å². The van der Waals surface area contributed by atoms with E-state index in [9.17, 15) is 27.6 Å². The van der Waals surface area contributed by atoms with Gasteiger partial charge in [0, 0.05) is 0 Å². The fourth-order valence-electron chi connectivity index (χ4n) is 1.57. The number of nitrogens with one attached hydrogen (secondary N) is 3. The Labute approximate surface area is 118 Å². The van der Waals surface area contributed by atoms with Gasteiger partial charge < -0.3 is 20.8 Å². The second-order valence-corrected chi connectivity index (χ2v) is 6.02. The molecular weight excluding hydrogens is 310 g/mol. The lowest BCUT2D eigenvalue weighted by atomic mass is 10.2. The number of hydrogen-bond acceptors (Lipinski definition) is 6. The molecule has 0 aromatic heterocycles. The van der Waals surface area contributed by atoms with Gasteiger partial charge in [-0.2, -0.15) is 0 Å². The number of hydrogen-bond donors (Lipinski definition) is 5. The minimum Gasteiger partial charge on any atom is -0.480 e. The number of aliphatic carboxylic acids is 2. The summed E-state index contributed by atoms with van der Waals surface area (Å²) in [4.78, 5) is 44.2. The summed E-state index contributed by atoms with van der Waals surface area (Å²) in [7, 11) is -4.15. The molecule has 1 aliphatic rings. The summed E-state index contributed by atoms with van der Waals surface area (Å²) in [5, 5.41) is 21.2. The molecule has 0 spiro atoms. The van der Waals surface area contributed by atoms with Gasteiger partial charge in [-0.1, -0.05) is 0 Å². The van der Waals surface area contributed by atoms with E-state index in [0.29, 0.717) is 0 Å². The van der Waals surface area contributed by atoms with E-state index >= 15 is 0 Å². The first-order valence-corrected chi connectivity index (χ1v) is 7.27. The highest BCUT2D eigenvalue weighted by Crippen LogP contribution is 2.04. The predicted molar refractivity (Wildman–Crippen MR) is 65.5 cm³/mol. The molecule has 1 heterocycles. The Hall–Kier alpha value is -2.21. The average molecular weight is 323 g/mol. The second kappa shape index (κ2) is 6.49. The summed E-state index contributed by atoms with van der Waals surface area (Å²) < 4.78 is 25.1. The fourth-order valence-corrected chi connectivity index (χ4v) is 2.96. The van der Waals surface area contributed by atoms with Crippen molar-refractivity contribution in [3.8, 4) is 0 Å². The largest absolute Gasteiger partial charge is 0.480 e. The Kier molecular flexibility index (Phi) is 5.21. The van der Waals surface area contributed by atoms with Gasteiger partial charge in [-0.05, 0) is 0 Å². The molecule has 118 valence electrons. The molecule has 1 saturated heterocycles. The van der Waals surface area contributed by atoms with E-state index in [4.69, 9.17) is 10.2 Å². The monoisotopic (exact) mass is 323 g/mol. The molecule has 2 atom stereocenters. The Morgan fingerprint density at radius 2 is 1.86 bits per heavy atom. The Bertz CT molecular complexity index is 572. The van der Waals surface area contributed by atoms with E-state index in [2.05, 4.69) is 5.32 Å². The van der Waals surface area contributed by atoms with E-state index in [1.807, 2.05) is 5.32 Å². The normalized spacial score (nSPS) is 25.0. The van der Waals surface area contributed by atoms with E-state index in [-0.39, 0.29) is 0 Å². The average Bonchev–Trinajstić information content (AvgIpc) is 2.31. The van der Waals surface area contributed by atoms with Gasteiger partial charge in [0.05, 0.1) is 12.2 Å². The van der Waals surface area contributed by atoms with Gasteiger partial charge in [-0.15, -0.1) is 0 Å². The number of carboxylic acid groups (broad SMARTS) is 2. The maximum Gasteiger partial charge on any atom is 0.322 e. The summed E-state index contributed by atoms with van der Waals surface area (Å²) in [5.41, 5.74) is 0. The lowest BCUT2D eigenvalue weighted by Crippen LogP contribution is -2.57. The highest BCUT2D eigenvalue weighted by molar-refractivity contribution is 7.89. The molecule has 5 N–H and O–H groups in total. The van der Waals surface area contributed by atoms with Crippen molar-refractivity contribution in [2.24, 2.45) is 0 Å². The van der Waals surface area contributed by atoms with Crippen LogP contribution in [0.2, 0.25) is 0 Å². The SMILES string of the molecule is O=C(O)CNC(=O)[C@@H]1CS(=O)(=O)N[C@H](C(=O)O)CC(=O)N1. The molecule has 1 aliphatic heterocycles. The van der Waals surface area contributed by atoms with Crippen LogP contribution in [0, 0.1) is 0 Å². The maximum absolute atomic E-state index is 11.7. The molecule has 0 aromatic carbocycles. The minimum atomic E-state index is -4.15. The molecule has 1 fully saturated rings. The van der Waals surface area contributed by atoms with Gasteiger partial charge in [0.15, 0.2) is 0 Å². The number of carbonyl (C=O) groups is 4. The molecule has 1 rings (SSSR count). The summed E-state index contributed by atoms with van der Waals surface area (Å²) in [5.74, 6) is -5.60. The molecule has 11 nitrogen and oxygen atoms in total. The first-order valence-electron chi connectivity index (χ1n) is 5.62. The second-order valence-electron chi connectivity index (χ2n) is 4.23. The predicted octanol–water partition coefficient (Wildman–Crippen LogP) is -3.55. The van der Waals surface area contributed by atoms with Gasteiger partial charge in [-0.3, -0.25) is 19.2 Å².